The molecule has 2 N–H and O–H groups in total. The van der Waals surface area contributed by atoms with Gasteiger partial charge in [0.05, 0.1) is 0 Å². The van der Waals surface area contributed by atoms with Crippen molar-refractivity contribution in [2.75, 3.05) is 13.1 Å². The topological polar surface area (TPSA) is 46.3 Å². The normalized spacial score (nSPS) is 27.4. The Kier molecular flexibility index (Phi) is 2.06. The Morgan fingerprint density at radius 2 is 1.92 bits per heavy atom. The predicted molar refractivity (Wildman–Crippen MR) is 51.1 cm³/mol. The summed E-state index contributed by atoms with van der Waals surface area (Å²) in [5, 5.41) is 0. The largest absolute Gasteiger partial charge is 0.342 e. The van der Waals surface area contributed by atoms with Crippen molar-refractivity contribution in [1.29, 1.82) is 0 Å². The lowest BCUT2D eigenvalue weighted by Crippen LogP contribution is -2.59. The van der Waals surface area contributed by atoms with E-state index in [0.29, 0.717) is 11.5 Å². The number of rotatable bonds is 0. The summed E-state index contributed by atoms with van der Waals surface area (Å²) in [6.07, 6.45) is 4.73. The molecule has 74 valence electrons. The lowest BCUT2D eigenvalue weighted by molar-refractivity contribution is -0.143. The molecule has 0 aromatic carbocycles. The molecule has 3 heteroatoms. The van der Waals surface area contributed by atoms with Crippen molar-refractivity contribution in [3.05, 3.63) is 0 Å². The van der Waals surface area contributed by atoms with Gasteiger partial charge in [-0.25, -0.2) is 0 Å². The van der Waals surface area contributed by atoms with Crippen LogP contribution in [0.25, 0.3) is 0 Å². The smallest absolute Gasteiger partial charge is 0.219 e. The molecule has 3 nitrogen and oxygen atoms in total. The van der Waals surface area contributed by atoms with E-state index in [2.05, 4.69) is 0 Å². The zero-order valence-corrected chi connectivity index (χ0v) is 8.25. The molecule has 1 aliphatic carbocycles. The van der Waals surface area contributed by atoms with Crippen LogP contribution >= 0.6 is 0 Å². The molecular formula is C10H18N2O. The minimum absolute atomic E-state index is 0.223. The SMILES string of the molecule is CC(=O)N1CC2(CCC(N)CC2)C1. The van der Waals surface area contributed by atoms with Gasteiger partial charge in [0.15, 0.2) is 0 Å². The highest BCUT2D eigenvalue weighted by atomic mass is 16.2. The first-order chi connectivity index (χ1) is 6.11. The fourth-order valence-electron chi connectivity index (χ4n) is 2.55. The third-order valence-electron chi connectivity index (χ3n) is 3.59. The van der Waals surface area contributed by atoms with E-state index < -0.39 is 0 Å². The Balaban J connectivity index is 1.86. The molecule has 0 aromatic heterocycles. The van der Waals surface area contributed by atoms with Crippen molar-refractivity contribution >= 4 is 5.91 Å². The van der Waals surface area contributed by atoms with Gasteiger partial charge in [0.25, 0.3) is 0 Å². The van der Waals surface area contributed by atoms with Gasteiger partial charge in [-0.15, -0.1) is 0 Å². The maximum Gasteiger partial charge on any atom is 0.219 e. The molecule has 2 rings (SSSR count). The van der Waals surface area contributed by atoms with Crippen LogP contribution in [0.4, 0.5) is 0 Å². The quantitative estimate of drug-likeness (QED) is 0.600. The molecule has 1 heterocycles. The summed E-state index contributed by atoms with van der Waals surface area (Å²) >= 11 is 0. The lowest BCUT2D eigenvalue weighted by Gasteiger charge is -2.53. The van der Waals surface area contributed by atoms with Gasteiger partial charge in [0.2, 0.25) is 5.91 Å². The Hall–Kier alpha value is -0.570. The first kappa shape index (κ1) is 9.00. The van der Waals surface area contributed by atoms with Crippen LogP contribution in [0, 0.1) is 5.41 Å². The standard InChI is InChI=1S/C10H18N2O/c1-8(13)12-6-10(7-12)4-2-9(11)3-5-10/h9H,2-7,11H2,1H3. The van der Waals surface area contributed by atoms with Gasteiger partial charge in [0.1, 0.15) is 0 Å². The molecule has 13 heavy (non-hydrogen) atoms. The summed E-state index contributed by atoms with van der Waals surface area (Å²) in [5.41, 5.74) is 6.31. The van der Waals surface area contributed by atoms with Crippen LogP contribution in [0.5, 0.6) is 0 Å². The van der Waals surface area contributed by atoms with Crippen LogP contribution in [0.15, 0.2) is 0 Å². The highest BCUT2D eigenvalue weighted by Gasteiger charge is 2.45. The van der Waals surface area contributed by atoms with Crippen LogP contribution in [0.2, 0.25) is 0 Å². The number of nitrogens with zero attached hydrogens (tertiary/aromatic N) is 1. The van der Waals surface area contributed by atoms with Crippen molar-refractivity contribution in [1.82, 2.24) is 4.90 Å². The number of hydrogen-bond donors (Lipinski definition) is 1. The van der Waals surface area contributed by atoms with Gasteiger partial charge < -0.3 is 10.6 Å². The summed E-state index contributed by atoms with van der Waals surface area (Å²) in [6.45, 7) is 3.62. The third-order valence-corrected chi connectivity index (χ3v) is 3.59. The van der Waals surface area contributed by atoms with Crippen LogP contribution in [0.1, 0.15) is 32.6 Å². The van der Waals surface area contributed by atoms with Crippen LogP contribution in [0.3, 0.4) is 0 Å². The molecular weight excluding hydrogens is 164 g/mol. The Morgan fingerprint density at radius 1 is 1.38 bits per heavy atom. The third kappa shape index (κ3) is 1.57. The molecule has 0 aromatic rings. The zero-order valence-electron chi connectivity index (χ0n) is 8.25. The first-order valence-corrected chi connectivity index (χ1v) is 5.12. The van der Waals surface area contributed by atoms with Gasteiger partial charge in [-0.2, -0.15) is 0 Å². The summed E-state index contributed by atoms with van der Waals surface area (Å²) in [7, 11) is 0. The summed E-state index contributed by atoms with van der Waals surface area (Å²) < 4.78 is 0. The van der Waals surface area contributed by atoms with Crippen LogP contribution in [-0.4, -0.2) is 29.9 Å². The van der Waals surface area contributed by atoms with E-state index >= 15 is 0 Å². The monoisotopic (exact) mass is 182 g/mol. The first-order valence-electron chi connectivity index (χ1n) is 5.12. The van der Waals surface area contributed by atoms with Crippen molar-refractivity contribution in [2.24, 2.45) is 11.1 Å². The molecule has 0 bridgehead atoms. The molecule has 0 atom stereocenters. The fourth-order valence-corrected chi connectivity index (χ4v) is 2.55. The molecule has 1 saturated heterocycles. The summed E-state index contributed by atoms with van der Waals surface area (Å²) in [4.78, 5) is 13.0. The molecule has 1 aliphatic heterocycles. The van der Waals surface area contributed by atoms with Crippen LogP contribution in [-0.2, 0) is 4.79 Å². The van der Waals surface area contributed by atoms with Crippen molar-refractivity contribution in [3.63, 3.8) is 0 Å². The number of hydrogen-bond acceptors (Lipinski definition) is 2. The van der Waals surface area contributed by atoms with Crippen molar-refractivity contribution < 1.29 is 4.79 Å². The summed E-state index contributed by atoms with van der Waals surface area (Å²) in [6, 6.07) is 0.414. The van der Waals surface area contributed by atoms with E-state index in [0.717, 1.165) is 25.9 Å². The van der Waals surface area contributed by atoms with E-state index in [4.69, 9.17) is 5.73 Å². The lowest BCUT2D eigenvalue weighted by atomic mass is 9.67. The van der Waals surface area contributed by atoms with Gasteiger partial charge in [-0.1, -0.05) is 0 Å². The average molecular weight is 182 g/mol. The maximum atomic E-state index is 11.0. The average Bonchev–Trinajstić information content (AvgIpc) is 2.02. The number of nitrogens with two attached hydrogens (primary N) is 1. The number of amides is 1. The summed E-state index contributed by atoms with van der Waals surface area (Å²) in [5.74, 6) is 0.223. The second-order valence-electron chi connectivity index (χ2n) is 4.71. The van der Waals surface area contributed by atoms with E-state index in [1.165, 1.54) is 12.8 Å². The number of carbonyl (C=O) groups is 1. The van der Waals surface area contributed by atoms with E-state index in [1.807, 2.05) is 4.90 Å². The molecule has 0 radical (unpaired) electrons. The van der Waals surface area contributed by atoms with E-state index in [9.17, 15) is 4.79 Å². The molecule has 2 aliphatic rings. The van der Waals surface area contributed by atoms with E-state index in [-0.39, 0.29) is 5.91 Å². The zero-order chi connectivity index (χ0) is 9.47. The maximum absolute atomic E-state index is 11.0. The molecule has 0 unspecified atom stereocenters. The van der Waals surface area contributed by atoms with Crippen molar-refractivity contribution in [3.8, 4) is 0 Å². The predicted octanol–water partition coefficient (Wildman–Crippen LogP) is 0.736. The second kappa shape index (κ2) is 2.98. The second-order valence-corrected chi connectivity index (χ2v) is 4.71. The van der Waals surface area contributed by atoms with Crippen molar-refractivity contribution in [2.45, 2.75) is 38.6 Å². The minimum atomic E-state index is 0.223. The molecule has 1 saturated carbocycles. The highest BCUT2D eigenvalue weighted by molar-refractivity contribution is 5.74. The Labute approximate surface area is 79.3 Å². The van der Waals surface area contributed by atoms with Gasteiger partial charge in [-0.05, 0) is 25.7 Å². The van der Waals surface area contributed by atoms with E-state index in [1.54, 1.807) is 6.92 Å². The number of likely N-dealkylation sites (tertiary alicyclic amines) is 1. The Bertz CT molecular complexity index is 211. The molecule has 2 fully saturated rings. The fraction of sp³-hybridized carbons (Fsp3) is 0.900. The van der Waals surface area contributed by atoms with Crippen LogP contribution < -0.4 is 5.73 Å². The van der Waals surface area contributed by atoms with Gasteiger partial charge in [0, 0.05) is 31.5 Å². The Morgan fingerprint density at radius 3 is 2.38 bits per heavy atom. The minimum Gasteiger partial charge on any atom is -0.342 e. The van der Waals surface area contributed by atoms with Gasteiger partial charge >= 0.3 is 0 Å². The molecule has 1 spiro atoms. The van der Waals surface area contributed by atoms with Gasteiger partial charge in [-0.3, -0.25) is 4.79 Å². The molecule has 1 amide bonds. The number of carbonyl (C=O) groups excluding carboxylic acids is 1. The highest BCUT2D eigenvalue weighted by Crippen LogP contribution is 2.43.